The van der Waals surface area contributed by atoms with Crippen LogP contribution in [0.5, 0.6) is 0 Å². The lowest BCUT2D eigenvalue weighted by atomic mass is 9.79. The topological polar surface area (TPSA) is 46.3 Å². The molecule has 1 aliphatic rings. The predicted molar refractivity (Wildman–Crippen MR) is 85.4 cm³/mol. The number of halogens is 1. The second-order valence-electron chi connectivity index (χ2n) is 6.43. The van der Waals surface area contributed by atoms with E-state index in [1.54, 1.807) is 0 Å². The van der Waals surface area contributed by atoms with Crippen molar-refractivity contribution in [2.24, 2.45) is 11.1 Å². The van der Waals surface area contributed by atoms with Gasteiger partial charge in [0.05, 0.1) is 0 Å². The zero-order valence-electron chi connectivity index (χ0n) is 12.8. The van der Waals surface area contributed by atoms with E-state index in [1.165, 1.54) is 5.56 Å². The first kappa shape index (κ1) is 17.0. The summed E-state index contributed by atoms with van der Waals surface area (Å²) in [5, 5.41) is 0. The lowest BCUT2D eigenvalue weighted by molar-refractivity contribution is 0.0532. The smallest absolute Gasteiger partial charge is 0.254 e. The molecule has 1 atom stereocenters. The number of piperidine rings is 1. The molecule has 1 heterocycles. The zero-order valence-corrected chi connectivity index (χ0v) is 13.6. The Kier molecular flexibility index (Phi) is 5.22. The second kappa shape index (κ2) is 6.15. The number of hydrogen-bond donors (Lipinski definition) is 1. The fraction of sp³-hybridized carbons (Fsp3) is 0.562. The Labute approximate surface area is 127 Å². The summed E-state index contributed by atoms with van der Waals surface area (Å²) >= 11 is 0. The minimum atomic E-state index is -0.00743. The third kappa shape index (κ3) is 3.33. The molecule has 1 unspecified atom stereocenters. The minimum absolute atomic E-state index is 0. The molecular weight excluding hydrogens is 272 g/mol. The van der Waals surface area contributed by atoms with Crippen molar-refractivity contribution in [3.8, 4) is 0 Å². The van der Waals surface area contributed by atoms with Gasteiger partial charge in [-0.05, 0) is 37.3 Å². The van der Waals surface area contributed by atoms with E-state index >= 15 is 0 Å². The Balaban J connectivity index is 0.00000200. The average molecular weight is 297 g/mol. The van der Waals surface area contributed by atoms with E-state index in [-0.39, 0.29) is 29.8 Å². The molecule has 1 aromatic rings. The number of nitrogens with two attached hydrogens (primary N) is 1. The van der Waals surface area contributed by atoms with E-state index in [2.05, 4.69) is 19.9 Å². The summed E-state index contributed by atoms with van der Waals surface area (Å²) in [6.07, 6.45) is 0.879. The Morgan fingerprint density at radius 2 is 2.00 bits per heavy atom. The number of aryl methyl sites for hydroxylation is 2. The maximum atomic E-state index is 12.6. The van der Waals surface area contributed by atoms with Crippen LogP contribution in [0.3, 0.4) is 0 Å². The van der Waals surface area contributed by atoms with Crippen LogP contribution < -0.4 is 5.73 Å². The normalized spacial score (nSPS) is 21.2. The molecule has 0 aliphatic carbocycles. The van der Waals surface area contributed by atoms with Crippen molar-refractivity contribution in [2.75, 3.05) is 13.1 Å². The van der Waals surface area contributed by atoms with Crippen molar-refractivity contribution in [3.05, 3.63) is 34.9 Å². The molecule has 2 rings (SSSR count). The number of hydrogen-bond acceptors (Lipinski definition) is 2. The molecule has 0 saturated carbocycles. The molecule has 0 bridgehead atoms. The summed E-state index contributed by atoms with van der Waals surface area (Å²) in [7, 11) is 0. The number of carbonyl (C=O) groups is 1. The van der Waals surface area contributed by atoms with Crippen LogP contribution in [0.15, 0.2) is 18.2 Å². The van der Waals surface area contributed by atoms with E-state index in [0.717, 1.165) is 30.6 Å². The van der Waals surface area contributed by atoms with Crippen molar-refractivity contribution in [1.82, 2.24) is 4.90 Å². The third-order valence-corrected chi connectivity index (χ3v) is 4.21. The Bertz CT molecular complexity index is 499. The minimum Gasteiger partial charge on any atom is -0.338 e. The summed E-state index contributed by atoms with van der Waals surface area (Å²) in [6, 6.07) is 6.18. The van der Waals surface area contributed by atoms with Crippen LogP contribution in [0.4, 0.5) is 0 Å². The second-order valence-corrected chi connectivity index (χ2v) is 6.43. The van der Waals surface area contributed by atoms with Gasteiger partial charge in [0.15, 0.2) is 0 Å². The fourth-order valence-electron chi connectivity index (χ4n) is 2.77. The van der Waals surface area contributed by atoms with Gasteiger partial charge in [-0.2, -0.15) is 0 Å². The fourth-order valence-corrected chi connectivity index (χ4v) is 2.77. The van der Waals surface area contributed by atoms with Crippen LogP contribution in [-0.2, 0) is 0 Å². The van der Waals surface area contributed by atoms with E-state index in [4.69, 9.17) is 5.73 Å². The maximum absolute atomic E-state index is 12.6. The average Bonchev–Trinajstić information content (AvgIpc) is 2.32. The Hall–Kier alpha value is -1.06. The maximum Gasteiger partial charge on any atom is 0.254 e. The van der Waals surface area contributed by atoms with Crippen LogP contribution >= 0.6 is 12.4 Å². The Morgan fingerprint density at radius 1 is 1.35 bits per heavy atom. The van der Waals surface area contributed by atoms with Crippen LogP contribution in [-0.4, -0.2) is 29.9 Å². The van der Waals surface area contributed by atoms with Crippen LogP contribution in [0.1, 0.15) is 41.8 Å². The van der Waals surface area contributed by atoms with Gasteiger partial charge in [-0.3, -0.25) is 4.79 Å². The van der Waals surface area contributed by atoms with Crippen molar-refractivity contribution >= 4 is 18.3 Å². The van der Waals surface area contributed by atoms with Crippen molar-refractivity contribution < 1.29 is 4.79 Å². The lowest BCUT2D eigenvalue weighted by Crippen LogP contribution is -2.54. The number of benzene rings is 1. The zero-order chi connectivity index (χ0) is 14.2. The van der Waals surface area contributed by atoms with Crippen LogP contribution in [0.25, 0.3) is 0 Å². The Morgan fingerprint density at radius 3 is 2.55 bits per heavy atom. The first-order valence-corrected chi connectivity index (χ1v) is 6.93. The van der Waals surface area contributed by atoms with Crippen molar-refractivity contribution in [1.29, 1.82) is 0 Å². The summed E-state index contributed by atoms with van der Waals surface area (Å²) in [4.78, 5) is 14.6. The van der Waals surface area contributed by atoms with Crippen molar-refractivity contribution in [3.63, 3.8) is 0 Å². The highest BCUT2D eigenvalue weighted by molar-refractivity contribution is 5.95. The summed E-state index contributed by atoms with van der Waals surface area (Å²) in [6.45, 7) is 9.82. The molecule has 2 N–H and O–H groups in total. The molecule has 3 nitrogen and oxygen atoms in total. The number of amides is 1. The summed E-state index contributed by atoms with van der Waals surface area (Å²) in [5.74, 6) is 0.137. The van der Waals surface area contributed by atoms with Gasteiger partial charge in [-0.1, -0.05) is 31.5 Å². The molecule has 1 aromatic carbocycles. The van der Waals surface area contributed by atoms with Gasteiger partial charge in [0, 0.05) is 24.7 Å². The van der Waals surface area contributed by atoms with E-state index in [0.29, 0.717) is 0 Å². The van der Waals surface area contributed by atoms with Gasteiger partial charge in [-0.25, -0.2) is 0 Å². The van der Waals surface area contributed by atoms with Gasteiger partial charge < -0.3 is 10.6 Å². The molecule has 1 aliphatic heterocycles. The highest BCUT2D eigenvalue weighted by Crippen LogP contribution is 2.29. The molecule has 0 spiro atoms. The third-order valence-electron chi connectivity index (χ3n) is 4.21. The van der Waals surface area contributed by atoms with E-state index in [9.17, 15) is 4.79 Å². The monoisotopic (exact) mass is 296 g/mol. The number of likely N-dealkylation sites (tertiary alicyclic amines) is 1. The van der Waals surface area contributed by atoms with E-state index in [1.807, 2.05) is 30.9 Å². The largest absolute Gasteiger partial charge is 0.338 e. The number of nitrogens with zero attached hydrogens (tertiary/aromatic N) is 1. The molecule has 4 heteroatoms. The van der Waals surface area contributed by atoms with Gasteiger partial charge in [0.25, 0.3) is 5.91 Å². The van der Waals surface area contributed by atoms with E-state index < -0.39 is 0 Å². The van der Waals surface area contributed by atoms with Gasteiger partial charge in [-0.15, -0.1) is 12.4 Å². The highest BCUT2D eigenvalue weighted by Gasteiger charge is 2.35. The SMILES string of the molecule is Cc1ccc(C(=O)N2CCC(N)C(C)(C)C2)c(C)c1.Cl. The summed E-state index contributed by atoms with van der Waals surface area (Å²) < 4.78 is 0. The summed E-state index contributed by atoms with van der Waals surface area (Å²) in [5.41, 5.74) is 9.18. The first-order chi connectivity index (χ1) is 8.81. The molecule has 0 aromatic heterocycles. The molecule has 20 heavy (non-hydrogen) atoms. The quantitative estimate of drug-likeness (QED) is 0.866. The number of carbonyl (C=O) groups excluding carboxylic acids is 1. The standard InChI is InChI=1S/C16H24N2O.ClH/c1-11-5-6-13(12(2)9-11)15(19)18-8-7-14(17)16(3,4)10-18;/h5-6,9,14H,7-8,10,17H2,1-4H3;1H. The van der Waals surface area contributed by atoms with Crippen LogP contribution in [0, 0.1) is 19.3 Å². The van der Waals surface area contributed by atoms with Gasteiger partial charge in [0.1, 0.15) is 0 Å². The molecular formula is C16H25ClN2O. The highest BCUT2D eigenvalue weighted by atomic mass is 35.5. The molecule has 1 fully saturated rings. The molecule has 1 amide bonds. The van der Waals surface area contributed by atoms with Gasteiger partial charge in [0.2, 0.25) is 0 Å². The predicted octanol–water partition coefficient (Wildman–Crippen LogP) is 2.92. The molecule has 0 radical (unpaired) electrons. The molecule has 1 saturated heterocycles. The van der Waals surface area contributed by atoms with Crippen LogP contribution in [0.2, 0.25) is 0 Å². The molecule has 112 valence electrons. The number of rotatable bonds is 1. The first-order valence-electron chi connectivity index (χ1n) is 6.93. The lowest BCUT2D eigenvalue weighted by Gasteiger charge is -2.42. The van der Waals surface area contributed by atoms with Crippen molar-refractivity contribution in [2.45, 2.75) is 40.2 Å². The van der Waals surface area contributed by atoms with Gasteiger partial charge >= 0.3 is 0 Å².